The molecular weight excluding hydrogens is 168 g/mol. The fourth-order valence-electron chi connectivity index (χ4n) is 2.22. The molecule has 13 heavy (non-hydrogen) atoms. The zero-order chi connectivity index (χ0) is 9.31. The van der Waals surface area contributed by atoms with Gasteiger partial charge in [0.15, 0.2) is 5.79 Å². The van der Waals surface area contributed by atoms with Gasteiger partial charge in [0.25, 0.3) is 0 Å². The zero-order valence-electron chi connectivity index (χ0n) is 8.04. The van der Waals surface area contributed by atoms with Gasteiger partial charge >= 0.3 is 0 Å². The van der Waals surface area contributed by atoms with E-state index < -0.39 is 5.79 Å². The van der Waals surface area contributed by atoms with E-state index in [4.69, 9.17) is 9.47 Å². The first kappa shape index (κ1) is 9.16. The lowest BCUT2D eigenvalue weighted by molar-refractivity contribution is -0.276. The molecule has 74 valence electrons. The predicted octanol–water partition coefficient (Wildman–Crippen LogP) is 1.51. The molecule has 1 atom stereocenters. The number of carbonyl (C=O) groups excluding carboxylic acids is 1. The van der Waals surface area contributed by atoms with E-state index in [2.05, 4.69) is 0 Å². The molecule has 3 heteroatoms. The van der Waals surface area contributed by atoms with Gasteiger partial charge in [0.1, 0.15) is 5.78 Å². The summed E-state index contributed by atoms with van der Waals surface area (Å²) in [5.74, 6) is -0.330. The van der Waals surface area contributed by atoms with Gasteiger partial charge in [-0.1, -0.05) is 0 Å². The van der Waals surface area contributed by atoms with Gasteiger partial charge in [0, 0.05) is 6.42 Å². The van der Waals surface area contributed by atoms with Crippen LogP contribution < -0.4 is 0 Å². The fraction of sp³-hybridized carbons (Fsp3) is 0.900. The van der Waals surface area contributed by atoms with Gasteiger partial charge in [-0.15, -0.1) is 0 Å². The third-order valence-electron chi connectivity index (χ3n) is 3.00. The van der Waals surface area contributed by atoms with Crippen LogP contribution >= 0.6 is 0 Å². The lowest BCUT2D eigenvalue weighted by Gasteiger charge is -2.37. The molecule has 2 rings (SSSR count). The lowest BCUT2D eigenvalue weighted by Crippen LogP contribution is -2.46. The summed E-state index contributed by atoms with van der Waals surface area (Å²) in [5, 5.41) is 0. The van der Waals surface area contributed by atoms with Crippen LogP contribution in [0.15, 0.2) is 0 Å². The van der Waals surface area contributed by atoms with Gasteiger partial charge in [0.05, 0.1) is 19.1 Å². The highest BCUT2D eigenvalue weighted by Gasteiger charge is 2.44. The van der Waals surface area contributed by atoms with Gasteiger partial charge in [0.2, 0.25) is 0 Å². The number of hydrogen-bond donors (Lipinski definition) is 0. The number of carbonyl (C=O) groups is 1. The average Bonchev–Trinajstić information content (AvgIpc) is 2.53. The molecule has 2 aliphatic rings. The molecule has 0 aromatic heterocycles. The van der Waals surface area contributed by atoms with E-state index >= 15 is 0 Å². The number of rotatable bonds is 1. The molecule has 1 heterocycles. The Labute approximate surface area is 78.4 Å². The summed E-state index contributed by atoms with van der Waals surface area (Å²) in [6.07, 6.45) is 3.56. The van der Waals surface area contributed by atoms with Crippen molar-refractivity contribution in [3.05, 3.63) is 0 Å². The van der Waals surface area contributed by atoms with Crippen LogP contribution in [0, 0.1) is 5.92 Å². The first-order chi connectivity index (χ1) is 6.22. The van der Waals surface area contributed by atoms with Crippen molar-refractivity contribution in [3.63, 3.8) is 0 Å². The molecule has 0 aromatic rings. The van der Waals surface area contributed by atoms with Crippen LogP contribution in [-0.4, -0.2) is 24.8 Å². The normalized spacial score (nSPS) is 33.6. The van der Waals surface area contributed by atoms with Gasteiger partial charge in [-0.25, -0.2) is 0 Å². The van der Waals surface area contributed by atoms with Crippen LogP contribution in [0.4, 0.5) is 0 Å². The van der Waals surface area contributed by atoms with Crippen LogP contribution in [0.3, 0.4) is 0 Å². The molecule has 0 bridgehead atoms. The number of Topliss-reactive ketones (excluding diaryl/α,β-unsaturated/α-hetero) is 1. The van der Waals surface area contributed by atoms with E-state index in [0.29, 0.717) is 12.2 Å². The van der Waals surface area contributed by atoms with Gasteiger partial charge in [-0.05, 0) is 26.2 Å². The SMILES string of the molecule is CC1(C2CCCC2=O)OCCCO1. The largest absolute Gasteiger partial charge is 0.349 e. The minimum absolute atomic E-state index is 0.0206. The molecular formula is C10H16O3. The molecule has 2 fully saturated rings. The van der Waals surface area contributed by atoms with Crippen molar-refractivity contribution >= 4 is 5.78 Å². The summed E-state index contributed by atoms with van der Waals surface area (Å²) in [4.78, 5) is 11.5. The summed E-state index contributed by atoms with van der Waals surface area (Å²) < 4.78 is 11.2. The number of ether oxygens (including phenoxy) is 2. The summed E-state index contributed by atoms with van der Waals surface area (Å²) in [7, 11) is 0. The Morgan fingerprint density at radius 2 is 2.00 bits per heavy atom. The van der Waals surface area contributed by atoms with Gasteiger partial charge in [-0.3, -0.25) is 4.79 Å². The standard InChI is InChI=1S/C10H16O3/c1-10(12-6-3-7-13-10)8-4-2-5-9(8)11/h8H,2-7H2,1H3. The highest BCUT2D eigenvalue weighted by Crippen LogP contribution is 2.36. The first-order valence-corrected chi connectivity index (χ1v) is 5.03. The highest BCUT2D eigenvalue weighted by atomic mass is 16.7. The van der Waals surface area contributed by atoms with Crippen molar-refractivity contribution in [3.8, 4) is 0 Å². The Bertz CT molecular complexity index is 206. The van der Waals surface area contributed by atoms with E-state index in [9.17, 15) is 4.79 Å². The Morgan fingerprint density at radius 1 is 1.31 bits per heavy atom. The fourth-order valence-corrected chi connectivity index (χ4v) is 2.22. The van der Waals surface area contributed by atoms with Crippen molar-refractivity contribution in [2.75, 3.05) is 13.2 Å². The molecule has 3 nitrogen and oxygen atoms in total. The molecule has 1 saturated heterocycles. The second-order valence-corrected chi connectivity index (χ2v) is 3.98. The van der Waals surface area contributed by atoms with Crippen molar-refractivity contribution < 1.29 is 14.3 Å². The Morgan fingerprint density at radius 3 is 2.54 bits per heavy atom. The number of ketones is 1. The van der Waals surface area contributed by atoms with Crippen molar-refractivity contribution in [2.24, 2.45) is 5.92 Å². The summed E-state index contributed by atoms with van der Waals surface area (Å²) in [5.41, 5.74) is 0. The van der Waals surface area contributed by atoms with Crippen molar-refractivity contribution in [1.29, 1.82) is 0 Å². The lowest BCUT2D eigenvalue weighted by atomic mass is 9.96. The number of hydrogen-bond acceptors (Lipinski definition) is 3. The zero-order valence-corrected chi connectivity index (χ0v) is 8.04. The Balaban J connectivity index is 2.07. The van der Waals surface area contributed by atoms with Crippen LogP contribution in [-0.2, 0) is 14.3 Å². The van der Waals surface area contributed by atoms with Crippen molar-refractivity contribution in [1.82, 2.24) is 0 Å². The maximum Gasteiger partial charge on any atom is 0.175 e. The van der Waals surface area contributed by atoms with Crippen LogP contribution in [0.5, 0.6) is 0 Å². The molecule has 0 N–H and O–H groups in total. The maximum atomic E-state index is 11.5. The van der Waals surface area contributed by atoms with Gasteiger partial charge < -0.3 is 9.47 Å². The third-order valence-corrected chi connectivity index (χ3v) is 3.00. The minimum atomic E-state index is -0.619. The Hall–Kier alpha value is -0.410. The summed E-state index contributed by atoms with van der Waals surface area (Å²) >= 11 is 0. The molecule has 0 amide bonds. The predicted molar refractivity (Wildman–Crippen MR) is 47.3 cm³/mol. The molecule has 0 aromatic carbocycles. The maximum absolute atomic E-state index is 11.5. The molecule has 1 unspecified atom stereocenters. The quantitative estimate of drug-likeness (QED) is 0.619. The second-order valence-electron chi connectivity index (χ2n) is 3.98. The van der Waals surface area contributed by atoms with Crippen LogP contribution in [0.1, 0.15) is 32.6 Å². The molecule has 1 saturated carbocycles. The highest BCUT2D eigenvalue weighted by molar-refractivity contribution is 5.83. The van der Waals surface area contributed by atoms with Crippen molar-refractivity contribution in [2.45, 2.75) is 38.4 Å². The summed E-state index contributed by atoms with van der Waals surface area (Å²) in [6.45, 7) is 3.35. The second kappa shape index (κ2) is 3.39. The van der Waals surface area contributed by atoms with E-state index in [1.54, 1.807) is 0 Å². The van der Waals surface area contributed by atoms with E-state index in [1.807, 2.05) is 6.92 Å². The van der Waals surface area contributed by atoms with Crippen LogP contribution in [0.2, 0.25) is 0 Å². The molecule has 1 aliphatic carbocycles. The van der Waals surface area contributed by atoms with E-state index in [-0.39, 0.29) is 5.92 Å². The van der Waals surface area contributed by atoms with E-state index in [1.165, 1.54) is 0 Å². The third kappa shape index (κ3) is 1.63. The molecule has 0 spiro atoms. The molecule has 1 aliphatic heterocycles. The molecule has 0 radical (unpaired) electrons. The topological polar surface area (TPSA) is 35.5 Å². The minimum Gasteiger partial charge on any atom is -0.349 e. The monoisotopic (exact) mass is 184 g/mol. The van der Waals surface area contributed by atoms with E-state index in [0.717, 1.165) is 32.5 Å². The smallest absolute Gasteiger partial charge is 0.175 e. The average molecular weight is 184 g/mol. The Kier molecular flexibility index (Phi) is 2.39. The van der Waals surface area contributed by atoms with Gasteiger partial charge in [-0.2, -0.15) is 0 Å². The first-order valence-electron chi connectivity index (χ1n) is 5.03. The van der Waals surface area contributed by atoms with Crippen LogP contribution in [0.25, 0.3) is 0 Å². The summed E-state index contributed by atoms with van der Waals surface area (Å²) in [6, 6.07) is 0.